The molecule has 0 N–H and O–H groups in total. The van der Waals surface area contributed by atoms with Crippen molar-refractivity contribution in [3.63, 3.8) is 0 Å². The van der Waals surface area contributed by atoms with Crippen LogP contribution in [0.1, 0.15) is 16.8 Å². The minimum atomic E-state index is -0.275. The number of Topliss-reactive ketones (excluding diaryl/α,β-unsaturated/α-hetero) is 1. The summed E-state index contributed by atoms with van der Waals surface area (Å²) in [4.78, 5) is 11.9. The quantitative estimate of drug-likeness (QED) is 0.598. The van der Waals surface area contributed by atoms with E-state index in [-0.39, 0.29) is 17.2 Å². The minimum absolute atomic E-state index is 0.0188. The van der Waals surface area contributed by atoms with E-state index < -0.39 is 0 Å². The van der Waals surface area contributed by atoms with Crippen LogP contribution in [0.4, 0.5) is 0 Å². The second kappa shape index (κ2) is 6.61. The first-order valence-electron chi connectivity index (χ1n) is 5.04. The Balaban J connectivity index is 2.88. The van der Waals surface area contributed by atoms with E-state index >= 15 is 0 Å². The average molecular weight is 303 g/mol. The maximum absolute atomic E-state index is 11.9. The molecule has 0 aromatic heterocycles. The molecule has 17 heavy (non-hydrogen) atoms. The molecule has 0 aliphatic heterocycles. The predicted octanol–water partition coefficient (Wildman–Crippen LogP) is 2.64. The number of rotatable bonds is 6. The molecule has 1 aromatic rings. The van der Waals surface area contributed by atoms with E-state index in [0.29, 0.717) is 17.1 Å². The Hall–Kier alpha value is -1.07. The number of carbonyl (C=O) groups excluding carboxylic acids is 1. The lowest BCUT2D eigenvalue weighted by atomic mass is 10.1. The van der Waals surface area contributed by atoms with E-state index in [0.717, 1.165) is 0 Å². The molecule has 1 rings (SSSR count). The maximum atomic E-state index is 11.9. The van der Waals surface area contributed by atoms with Crippen molar-refractivity contribution in [2.24, 2.45) is 0 Å². The molecule has 4 nitrogen and oxygen atoms in total. The van der Waals surface area contributed by atoms with E-state index in [4.69, 9.17) is 14.2 Å². The average Bonchev–Trinajstić information content (AvgIpc) is 2.37. The van der Waals surface area contributed by atoms with Crippen LogP contribution in [-0.4, -0.2) is 32.1 Å². The number of alkyl halides is 1. The molecule has 0 radical (unpaired) electrons. The third-order valence-electron chi connectivity index (χ3n) is 2.31. The van der Waals surface area contributed by atoms with Crippen molar-refractivity contribution >= 4 is 21.7 Å². The minimum Gasteiger partial charge on any atom is -0.493 e. The second-order valence-corrected chi connectivity index (χ2v) is 4.36. The van der Waals surface area contributed by atoms with Gasteiger partial charge in [0.05, 0.1) is 14.2 Å². The summed E-state index contributed by atoms with van der Waals surface area (Å²) in [5, 5.41) is -0.275. The lowest BCUT2D eigenvalue weighted by Gasteiger charge is -2.10. The molecule has 0 saturated heterocycles. The van der Waals surface area contributed by atoms with Crippen LogP contribution in [-0.2, 0) is 4.74 Å². The van der Waals surface area contributed by atoms with E-state index in [1.54, 1.807) is 32.4 Å². The summed E-state index contributed by atoms with van der Waals surface area (Å²) in [7, 11) is 4.63. The van der Waals surface area contributed by atoms with Crippen LogP contribution < -0.4 is 9.47 Å². The van der Waals surface area contributed by atoms with Crippen LogP contribution in [0.3, 0.4) is 0 Å². The van der Waals surface area contributed by atoms with E-state index in [1.807, 2.05) is 0 Å². The normalized spacial score (nSPS) is 12.0. The highest BCUT2D eigenvalue weighted by Crippen LogP contribution is 2.28. The molecule has 0 aliphatic carbocycles. The number of hydrogen-bond acceptors (Lipinski definition) is 4. The molecule has 5 heteroatoms. The van der Waals surface area contributed by atoms with Gasteiger partial charge in [0.2, 0.25) is 0 Å². The topological polar surface area (TPSA) is 44.8 Å². The van der Waals surface area contributed by atoms with Crippen molar-refractivity contribution < 1.29 is 19.0 Å². The van der Waals surface area contributed by atoms with Crippen LogP contribution in [0.25, 0.3) is 0 Å². The first kappa shape index (κ1) is 14.0. The largest absolute Gasteiger partial charge is 0.493 e. The number of ether oxygens (including phenoxy) is 3. The van der Waals surface area contributed by atoms with Crippen molar-refractivity contribution in [2.45, 2.75) is 11.4 Å². The summed E-state index contributed by atoms with van der Waals surface area (Å²) in [5.41, 5.74) is 0.573. The fourth-order valence-corrected chi connectivity index (χ4v) is 1.65. The summed E-state index contributed by atoms with van der Waals surface area (Å²) in [6, 6.07) is 5.08. The third-order valence-corrected chi connectivity index (χ3v) is 3.00. The molecule has 1 unspecified atom stereocenters. The Morgan fingerprint density at radius 1 is 1.24 bits per heavy atom. The molecule has 94 valence electrons. The summed E-state index contributed by atoms with van der Waals surface area (Å²) in [6.07, 6.45) is 0.270. The number of carbonyl (C=O) groups is 1. The molecule has 0 bridgehead atoms. The van der Waals surface area contributed by atoms with Gasteiger partial charge in [-0.3, -0.25) is 4.79 Å². The van der Waals surface area contributed by atoms with Crippen molar-refractivity contribution in [1.82, 2.24) is 0 Å². The molecule has 0 spiro atoms. The number of hydrogen-bond donors (Lipinski definition) is 0. The van der Waals surface area contributed by atoms with Gasteiger partial charge in [-0.05, 0) is 18.2 Å². The van der Waals surface area contributed by atoms with Gasteiger partial charge in [0.1, 0.15) is 5.01 Å². The number of halogens is 1. The molecule has 0 fully saturated rings. The van der Waals surface area contributed by atoms with Crippen LogP contribution in [0.15, 0.2) is 18.2 Å². The highest BCUT2D eigenvalue weighted by Gasteiger charge is 2.14. The van der Waals surface area contributed by atoms with Crippen LogP contribution >= 0.6 is 15.9 Å². The van der Waals surface area contributed by atoms with Gasteiger partial charge in [-0.25, -0.2) is 0 Å². The standard InChI is InChI=1S/C12H15BrO4/c1-15-10-5-4-8(6-11(10)16-2)9(14)7-12(13)17-3/h4-6,12H,7H2,1-3H3. The number of benzene rings is 1. The zero-order valence-corrected chi connectivity index (χ0v) is 11.6. The fourth-order valence-electron chi connectivity index (χ4n) is 1.36. The van der Waals surface area contributed by atoms with Gasteiger partial charge in [0.15, 0.2) is 17.3 Å². The highest BCUT2D eigenvalue weighted by atomic mass is 79.9. The summed E-state index contributed by atoms with van der Waals surface area (Å²) >= 11 is 3.24. The Morgan fingerprint density at radius 3 is 2.41 bits per heavy atom. The van der Waals surface area contributed by atoms with Gasteiger partial charge in [-0.2, -0.15) is 0 Å². The van der Waals surface area contributed by atoms with Gasteiger partial charge in [0.25, 0.3) is 0 Å². The molecule has 0 heterocycles. The molecular formula is C12H15BrO4. The third kappa shape index (κ3) is 3.71. The van der Waals surface area contributed by atoms with Crippen LogP contribution in [0.2, 0.25) is 0 Å². The van der Waals surface area contributed by atoms with Crippen LogP contribution in [0, 0.1) is 0 Å². The highest BCUT2D eigenvalue weighted by molar-refractivity contribution is 9.09. The summed E-state index contributed by atoms with van der Waals surface area (Å²) in [6.45, 7) is 0. The van der Waals surface area contributed by atoms with Gasteiger partial charge >= 0.3 is 0 Å². The Bertz CT molecular complexity index is 392. The van der Waals surface area contributed by atoms with Crippen LogP contribution in [0.5, 0.6) is 11.5 Å². The number of methoxy groups -OCH3 is 3. The Morgan fingerprint density at radius 2 is 1.88 bits per heavy atom. The molecule has 1 aromatic carbocycles. The monoisotopic (exact) mass is 302 g/mol. The first-order valence-corrected chi connectivity index (χ1v) is 5.96. The lowest BCUT2D eigenvalue weighted by molar-refractivity contribution is 0.0910. The SMILES string of the molecule is COc1ccc(C(=O)CC(Br)OC)cc1OC. The molecular weight excluding hydrogens is 288 g/mol. The summed E-state index contributed by atoms with van der Waals surface area (Å²) in [5.74, 6) is 1.13. The zero-order chi connectivity index (χ0) is 12.8. The lowest BCUT2D eigenvalue weighted by Crippen LogP contribution is -2.09. The smallest absolute Gasteiger partial charge is 0.166 e. The number of ketones is 1. The second-order valence-electron chi connectivity index (χ2n) is 3.34. The molecule has 0 amide bonds. The van der Waals surface area contributed by atoms with Crippen molar-refractivity contribution in [2.75, 3.05) is 21.3 Å². The van der Waals surface area contributed by atoms with Gasteiger partial charge in [-0.1, -0.05) is 15.9 Å². The van der Waals surface area contributed by atoms with Gasteiger partial charge in [0, 0.05) is 19.1 Å². The van der Waals surface area contributed by atoms with E-state index in [9.17, 15) is 4.79 Å². The van der Waals surface area contributed by atoms with Crippen molar-refractivity contribution in [3.8, 4) is 11.5 Å². The van der Waals surface area contributed by atoms with Gasteiger partial charge in [-0.15, -0.1) is 0 Å². The Kier molecular flexibility index (Phi) is 5.44. The fraction of sp³-hybridized carbons (Fsp3) is 0.417. The maximum Gasteiger partial charge on any atom is 0.166 e. The van der Waals surface area contributed by atoms with Gasteiger partial charge < -0.3 is 14.2 Å². The van der Waals surface area contributed by atoms with Crippen molar-refractivity contribution in [1.29, 1.82) is 0 Å². The Labute approximate surface area is 109 Å². The summed E-state index contributed by atoms with van der Waals surface area (Å²) < 4.78 is 15.2. The van der Waals surface area contributed by atoms with E-state index in [1.165, 1.54) is 7.11 Å². The van der Waals surface area contributed by atoms with E-state index in [2.05, 4.69) is 15.9 Å². The van der Waals surface area contributed by atoms with Crippen molar-refractivity contribution in [3.05, 3.63) is 23.8 Å². The molecule has 0 aliphatic rings. The molecule has 1 atom stereocenters. The molecule has 0 saturated carbocycles. The zero-order valence-electron chi connectivity index (χ0n) is 10.0. The predicted molar refractivity (Wildman–Crippen MR) is 68.2 cm³/mol. The first-order chi connectivity index (χ1) is 8.12.